The van der Waals surface area contributed by atoms with Crippen molar-refractivity contribution in [3.8, 4) is 11.5 Å². The summed E-state index contributed by atoms with van der Waals surface area (Å²) in [5.41, 5.74) is 1.44. The van der Waals surface area contributed by atoms with Gasteiger partial charge in [0.25, 0.3) is 5.91 Å². The van der Waals surface area contributed by atoms with Gasteiger partial charge in [-0.3, -0.25) is 4.79 Å². The maximum Gasteiger partial charge on any atom is 0.335 e. The first-order chi connectivity index (χ1) is 14.4. The first-order valence-corrected chi connectivity index (χ1v) is 10.3. The summed E-state index contributed by atoms with van der Waals surface area (Å²) in [6, 6.07) is 9.61. The van der Waals surface area contributed by atoms with Gasteiger partial charge in [-0.25, -0.2) is 9.79 Å². The zero-order chi connectivity index (χ0) is 21.7. The van der Waals surface area contributed by atoms with E-state index in [2.05, 4.69) is 32.8 Å². The number of carbonyl (C=O) groups is 2. The maximum atomic E-state index is 12.4. The van der Waals surface area contributed by atoms with Crippen LogP contribution < -0.4 is 14.8 Å². The Balaban J connectivity index is 1.83. The van der Waals surface area contributed by atoms with Crippen LogP contribution in [0.1, 0.15) is 15.9 Å². The van der Waals surface area contributed by atoms with E-state index in [0.29, 0.717) is 33.9 Å². The maximum absolute atomic E-state index is 12.4. The molecule has 0 bridgehead atoms. The van der Waals surface area contributed by atoms with Crippen molar-refractivity contribution in [2.75, 3.05) is 13.7 Å². The number of carboxylic acids is 1. The van der Waals surface area contributed by atoms with Crippen molar-refractivity contribution in [3.63, 3.8) is 0 Å². The summed E-state index contributed by atoms with van der Waals surface area (Å²) < 4.78 is 11.7. The number of hydrogen-bond donors (Lipinski definition) is 2. The molecule has 0 aromatic heterocycles. The number of amidine groups is 1. The highest BCUT2D eigenvalue weighted by Gasteiger charge is 2.24. The highest BCUT2D eigenvalue weighted by molar-refractivity contribution is 9.10. The van der Waals surface area contributed by atoms with Crippen LogP contribution in [-0.4, -0.2) is 35.9 Å². The second kappa shape index (κ2) is 9.64. The number of nitrogens with zero attached hydrogens (tertiary/aromatic N) is 1. The highest BCUT2D eigenvalue weighted by atomic mass is 79.9. The van der Waals surface area contributed by atoms with Gasteiger partial charge in [0.1, 0.15) is 6.61 Å². The fourth-order valence-corrected chi connectivity index (χ4v) is 3.77. The lowest BCUT2D eigenvalue weighted by Crippen LogP contribution is -2.19. The van der Waals surface area contributed by atoms with E-state index < -0.39 is 5.97 Å². The monoisotopic (exact) mass is 488 g/mol. The second-order valence-electron chi connectivity index (χ2n) is 5.96. The Morgan fingerprint density at radius 1 is 1.30 bits per heavy atom. The predicted molar refractivity (Wildman–Crippen MR) is 121 cm³/mol. The molecule has 30 heavy (non-hydrogen) atoms. The summed E-state index contributed by atoms with van der Waals surface area (Å²) in [7, 11) is 1.54. The number of amides is 1. The van der Waals surface area contributed by atoms with Crippen molar-refractivity contribution in [3.05, 3.63) is 69.6 Å². The van der Waals surface area contributed by atoms with Crippen LogP contribution in [-0.2, 0) is 4.79 Å². The molecule has 0 atom stereocenters. The Morgan fingerprint density at radius 2 is 2.03 bits per heavy atom. The number of benzene rings is 2. The number of aromatic carboxylic acids is 1. The molecule has 0 unspecified atom stereocenters. The van der Waals surface area contributed by atoms with Crippen LogP contribution in [0.25, 0.3) is 6.08 Å². The molecule has 3 rings (SSSR count). The third kappa shape index (κ3) is 5.11. The summed E-state index contributed by atoms with van der Waals surface area (Å²) in [6.07, 6.45) is 3.36. The fourth-order valence-electron chi connectivity index (χ4n) is 2.50. The van der Waals surface area contributed by atoms with Crippen molar-refractivity contribution >= 4 is 56.5 Å². The standard InChI is InChI=1S/C21H17BrN2O5S/c1-3-8-29-17-11-15(22)13(9-16(17)28-2)10-18-19(25)24-21(30-18)23-14-6-4-12(5-7-14)20(26)27/h3-7,9-11H,1,8H2,2H3,(H,26,27)(H,23,24,25). The van der Waals surface area contributed by atoms with Gasteiger partial charge in [0, 0.05) is 4.47 Å². The lowest BCUT2D eigenvalue weighted by atomic mass is 10.2. The molecule has 1 fully saturated rings. The van der Waals surface area contributed by atoms with Crippen LogP contribution >= 0.6 is 27.7 Å². The number of rotatable bonds is 7. The molecule has 2 aromatic carbocycles. The lowest BCUT2D eigenvalue weighted by Gasteiger charge is -2.11. The minimum Gasteiger partial charge on any atom is -0.493 e. The molecular formula is C21H17BrN2O5S. The molecule has 1 heterocycles. The Bertz CT molecular complexity index is 1060. The molecule has 1 aliphatic heterocycles. The van der Waals surface area contributed by atoms with Crippen molar-refractivity contribution in [2.45, 2.75) is 0 Å². The summed E-state index contributed by atoms with van der Waals surface area (Å²) in [4.78, 5) is 28.1. The molecule has 0 spiro atoms. The zero-order valence-electron chi connectivity index (χ0n) is 15.8. The summed E-state index contributed by atoms with van der Waals surface area (Å²) in [6.45, 7) is 3.97. The van der Waals surface area contributed by atoms with Crippen molar-refractivity contribution in [1.82, 2.24) is 5.32 Å². The number of halogens is 1. The number of aliphatic imine (C=N–C) groups is 1. The molecule has 7 nitrogen and oxygen atoms in total. The number of carboxylic acid groups (broad SMARTS) is 1. The van der Waals surface area contributed by atoms with Gasteiger partial charge in [-0.2, -0.15) is 0 Å². The number of ether oxygens (including phenoxy) is 2. The molecule has 0 aliphatic carbocycles. The second-order valence-corrected chi connectivity index (χ2v) is 7.84. The predicted octanol–water partition coefficient (Wildman–Crippen LogP) is 4.61. The van der Waals surface area contributed by atoms with Gasteiger partial charge in [0.05, 0.1) is 23.3 Å². The Labute approximate surface area is 185 Å². The van der Waals surface area contributed by atoms with Crippen LogP contribution in [0.5, 0.6) is 11.5 Å². The number of carbonyl (C=O) groups excluding carboxylic acids is 1. The van der Waals surface area contributed by atoms with Gasteiger partial charge in [-0.1, -0.05) is 28.6 Å². The van der Waals surface area contributed by atoms with Crippen molar-refractivity contribution in [2.24, 2.45) is 4.99 Å². The molecular weight excluding hydrogens is 472 g/mol. The third-order valence-electron chi connectivity index (χ3n) is 3.92. The number of methoxy groups -OCH3 is 1. The van der Waals surface area contributed by atoms with E-state index >= 15 is 0 Å². The Morgan fingerprint density at radius 3 is 2.67 bits per heavy atom. The molecule has 9 heteroatoms. The van der Waals surface area contributed by atoms with Crippen LogP contribution in [0, 0.1) is 0 Å². The summed E-state index contributed by atoms with van der Waals surface area (Å²) in [5.74, 6) is -0.201. The van der Waals surface area contributed by atoms with Crippen LogP contribution in [0.3, 0.4) is 0 Å². The molecule has 1 saturated heterocycles. The van der Waals surface area contributed by atoms with Crippen LogP contribution in [0.4, 0.5) is 5.69 Å². The minimum absolute atomic E-state index is 0.168. The van der Waals surface area contributed by atoms with E-state index in [1.54, 1.807) is 43.5 Å². The SMILES string of the molecule is C=CCOc1cc(Br)c(C=C2SC(=Nc3ccc(C(=O)O)cc3)NC2=O)cc1OC. The first-order valence-electron chi connectivity index (χ1n) is 8.65. The zero-order valence-corrected chi connectivity index (χ0v) is 18.2. The molecule has 1 amide bonds. The lowest BCUT2D eigenvalue weighted by molar-refractivity contribution is -0.115. The van der Waals surface area contributed by atoms with E-state index in [0.717, 1.165) is 10.0 Å². The van der Waals surface area contributed by atoms with E-state index in [9.17, 15) is 9.59 Å². The van der Waals surface area contributed by atoms with Gasteiger partial charge in [0.15, 0.2) is 16.7 Å². The van der Waals surface area contributed by atoms with E-state index in [-0.39, 0.29) is 11.5 Å². The van der Waals surface area contributed by atoms with Gasteiger partial charge >= 0.3 is 5.97 Å². The van der Waals surface area contributed by atoms with E-state index in [1.807, 2.05) is 0 Å². The van der Waals surface area contributed by atoms with Gasteiger partial charge < -0.3 is 19.9 Å². The largest absolute Gasteiger partial charge is 0.493 e. The van der Waals surface area contributed by atoms with Gasteiger partial charge in [-0.15, -0.1) is 0 Å². The average molecular weight is 489 g/mol. The molecule has 0 saturated carbocycles. The summed E-state index contributed by atoms with van der Waals surface area (Å²) >= 11 is 4.68. The van der Waals surface area contributed by atoms with Gasteiger partial charge in [-0.05, 0) is 59.8 Å². The third-order valence-corrected chi connectivity index (χ3v) is 5.52. The number of nitrogens with one attached hydrogen (secondary N) is 1. The van der Waals surface area contributed by atoms with Crippen molar-refractivity contribution < 1.29 is 24.2 Å². The molecule has 0 radical (unpaired) electrons. The van der Waals surface area contributed by atoms with Gasteiger partial charge in [0.2, 0.25) is 0 Å². The van der Waals surface area contributed by atoms with Crippen LogP contribution in [0.15, 0.2) is 63.4 Å². The molecule has 1 aliphatic rings. The molecule has 2 aromatic rings. The smallest absolute Gasteiger partial charge is 0.335 e. The topological polar surface area (TPSA) is 97.2 Å². The molecule has 154 valence electrons. The normalized spacial score (nSPS) is 15.9. The first kappa shape index (κ1) is 21.7. The number of hydrogen-bond acceptors (Lipinski definition) is 6. The number of thioether (sulfide) groups is 1. The van der Waals surface area contributed by atoms with Crippen molar-refractivity contribution in [1.29, 1.82) is 0 Å². The highest BCUT2D eigenvalue weighted by Crippen LogP contribution is 2.36. The Hall–Kier alpha value is -3.04. The minimum atomic E-state index is -1.01. The average Bonchev–Trinajstić information content (AvgIpc) is 3.07. The van der Waals surface area contributed by atoms with E-state index in [4.69, 9.17) is 14.6 Å². The van der Waals surface area contributed by atoms with E-state index in [1.165, 1.54) is 23.9 Å². The quantitative estimate of drug-likeness (QED) is 0.436. The van der Waals surface area contributed by atoms with Crippen LogP contribution in [0.2, 0.25) is 0 Å². The molecule has 2 N–H and O–H groups in total. The summed E-state index contributed by atoms with van der Waals surface area (Å²) in [5, 5.41) is 12.1. The fraction of sp³-hybridized carbons (Fsp3) is 0.0952. The Kier molecular flexibility index (Phi) is 6.96.